The van der Waals surface area contributed by atoms with Crippen molar-refractivity contribution in [3.05, 3.63) is 46.5 Å². The Kier molecular flexibility index (Phi) is 13.2. The number of phenols is 4. The Morgan fingerprint density at radius 1 is 0.634 bits per heavy atom. The van der Waals surface area contributed by atoms with Gasteiger partial charge in [0.25, 0.3) is 0 Å². The third-order valence-corrected chi connectivity index (χ3v) is 9.41. The molecule has 5 unspecified atom stereocenters. The number of unbranched alkanes of at least 4 members (excludes halogenated alkanes) is 2. The Bertz CT molecular complexity index is 1030. The second-order valence-electron chi connectivity index (χ2n) is 13.0. The van der Waals surface area contributed by atoms with Crippen LogP contribution in [0.1, 0.15) is 158 Å². The Morgan fingerprint density at radius 2 is 1.07 bits per heavy atom. The topological polar surface area (TPSA) is 101 Å². The first kappa shape index (κ1) is 33.1. The summed E-state index contributed by atoms with van der Waals surface area (Å²) in [5.41, 5.74) is 2.86. The van der Waals surface area contributed by atoms with Crippen LogP contribution in [0.3, 0.4) is 0 Å². The molecular weight excluding hydrogens is 512 g/mol. The van der Waals surface area contributed by atoms with Crippen LogP contribution < -0.4 is 0 Å². The van der Waals surface area contributed by atoms with E-state index in [0.717, 1.165) is 102 Å². The number of phenolic OH excluding ortho intramolecular Hbond substituents is 4. The van der Waals surface area contributed by atoms with Crippen molar-refractivity contribution in [2.75, 3.05) is 0 Å². The van der Waals surface area contributed by atoms with Crippen molar-refractivity contribution in [1.29, 1.82) is 0 Å². The standard InChI is InChI=1S/C36H56O5/c1-5-7-15-27-18-12-10-14-25(4)36(41)29-22-32(39)35(33(40)23-29)28(16-8-6-2)17-11-9-13-24(3)19-26-20-30(37)34(27)31(38)21-26/h20-25,27-28,36-41H,5-19H2,1-4H3. The van der Waals surface area contributed by atoms with E-state index in [9.17, 15) is 25.5 Å². The largest absolute Gasteiger partial charge is 0.508 e. The molecule has 0 spiro atoms. The number of rotatable bonds is 6. The molecule has 230 valence electrons. The van der Waals surface area contributed by atoms with E-state index >= 15 is 0 Å². The fourth-order valence-corrected chi connectivity index (χ4v) is 6.95. The molecule has 2 aromatic carbocycles. The summed E-state index contributed by atoms with van der Waals surface area (Å²) < 4.78 is 0. The lowest BCUT2D eigenvalue weighted by Gasteiger charge is -2.24. The smallest absolute Gasteiger partial charge is 0.123 e. The minimum Gasteiger partial charge on any atom is -0.508 e. The molecule has 5 nitrogen and oxygen atoms in total. The predicted molar refractivity (Wildman–Crippen MR) is 168 cm³/mol. The molecule has 4 aliphatic carbocycles. The lowest BCUT2D eigenvalue weighted by Crippen LogP contribution is -2.11. The lowest BCUT2D eigenvalue weighted by atomic mass is 9.83. The maximum atomic E-state index is 11.1. The Hall–Kier alpha value is -2.40. The van der Waals surface area contributed by atoms with Gasteiger partial charge in [-0.3, -0.25) is 0 Å². The van der Waals surface area contributed by atoms with E-state index in [-0.39, 0.29) is 40.8 Å². The van der Waals surface area contributed by atoms with Gasteiger partial charge in [-0.05, 0) is 97.6 Å². The summed E-state index contributed by atoms with van der Waals surface area (Å²) in [6.45, 7) is 8.56. The maximum Gasteiger partial charge on any atom is 0.123 e. The van der Waals surface area contributed by atoms with Crippen molar-refractivity contribution in [2.45, 2.75) is 142 Å². The Balaban J connectivity index is 1.88. The van der Waals surface area contributed by atoms with Crippen LogP contribution >= 0.6 is 0 Å². The zero-order chi connectivity index (χ0) is 29.9. The van der Waals surface area contributed by atoms with Crippen molar-refractivity contribution in [3.8, 4) is 23.0 Å². The van der Waals surface area contributed by atoms with Gasteiger partial charge in [0.1, 0.15) is 23.0 Å². The highest BCUT2D eigenvalue weighted by molar-refractivity contribution is 5.50. The van der Waals surface area contributed by atoms with E-state index in [1.807, 2.05) is 19.1 Å². The normalized spacial score (nSPS) is 25.0. The lowest BCUT2D eigenvalue weighted by molar-refractivity contribution is 0.110. The third-order valence-electron chi connectivity index (χ3n) is 9.41. The van der Waals surface area contributed by atoms with Crippen molar-refractivity contribution in [1.82, 2.24) is 0 Å². The van der Waals surface area contributed by atoms with Gasteiger partial charge < -0.3 is 25.5 Å². The first-order chi connectivity index (χ1) is 19.7. The third kappa shape index (κ3) is 9.30. The molecule has 4 bridgehead atoms. The van der Waals surface area contributed by atoms with Gasteiger partial charge in [0.05, 0.1) is 6.10 Å². The molecule has 0 heterocycles. The molecule has 5 atom stereocenters. The van der Waals surface area contributed by atoms with Crippen LogP contribution in [0.5, 0.6) is 23.0 Å². The van der Waals surface area contributed by atoms with Gasteiger partial charge in [-0.2, -0.15) is 0 Å². The number of benzene rings is 2. The summed E-state index contributed by atoms with van der Waals surface area (Å²) in [4.78, 5) is 0. The highest BCUT2D eigenvalue weighted by Crippen LogP contribution is 2.44. The predicted octanol–water partition coefficient (Wildman–Crippen LogP) is 9.74. The highest BCUT2D eigenvalue weighted by atomic mass is 16.3. The van der Waals surface area contributed by atoms with E-state index in [1.54, 1.807) is 12.1 Å². The molecule has 0 aliphatic heterocycles. The van der Waals surface area contributed by atoms with Crippen LogP contribution in [-0.4, -0.2) is 25.5 Å². The fraction of sp³-hybridized carbons (Fsp3) is 0.667. The van der Waals surface area contributed by atoms with E-state index < -0.39 is 6.10 Å². The molecule has 5 heteroatoms. The van der Waals surface area contributed by atoms with Crippen molar-refractivity contribution >= 4 is 0 Å². The zero-order valence-electron chi connectivity index (χ0n) is 26.0. The Morgan fingerprint density at radius 3 is 1.56 bits per heavy atom. The van der Waals surface area contributed by atoms with Crippen LogP contribution in [0.4, 0.5) is 0 Å². The van der Waals surface area contributed by atoms with E-state index in [1.165, 1.54) is 0 Å². The summed E-state index contributed by atoms with van der Waals surface area (Å²) in [6, 6.07) is 7.06. The summed E-state index contributed by atoms with van der Waals surface area (Å²) in [5.74, 6) is 1.20. The number of aliphatic hydroxyl groups excluding tert-OH is 1. The van der Waals surface area contributed by atoms with Crippen LogP contribution in [0, 0.1) is 11.8 Å². The summed E-state index contributed by atoms with van der Waals surface area (Å²) in [6.07, 6.45) is 13.5. The average molecular weight is 569 g/mol. The monoisotopic (exact) mass is 568 g/mol. The van der Waals surface area contributed by atoms with Gasteiger partial charge in [0.15, 0.2) is 0 Å². The fourth-order valence-electron chi connectivity index (χ4n) is 6.95. The number of aromatic hydroxyl groups is 4. The molecular formula is C36H56O5. The second kappa shape index (κ2) is 16.3. The van der Waals surface area contributed by atoms with Crippen LogP contribution in [0.25, 0.3) is 0 Å². The molecule has 0 saturated heterocycles. The first-order valence-corrected chi connectivity index (χ1v) is 16.4. The van der Waals surface area contributed by atoms with Crippen molar-refractivity contribution in [2.24, 2.45) is 11.8 Å². The molecule has 0 aromatic heterocycles. The SMILES string of the molecule is CCCCC1CCCCC(C)Cc2cc(O)c(c(O)c2)C(CCCC)CCCCC(C)C(O)c2cc(O)c1c(O)c2. The summed E-state index contributed by atoms with van der Waals surface area (Å²) >= 11 is 0. The minimum absolute atomic E-state index is 0.0365. The molecule has 5 N–H and O–H groups in total. The average Bonchev–Trinajstić information content (AvgIpc) is 2.92. The van der Waals surface area contributed by atoms with Crippen LogP contribution in [-0.2, 0) is 6.42 Å². The van der Waals surface area contributed by atoms with E-state index in [4.69, 9.17) is 0 Å². The molecule has 0 amide bonds. The minimum atomic E-state index is -0.772. The molecule has 0 fully saturated rings. The Labute approximate surface area is 248 Å². The number of aliphatic hydroxyl groups is 1. The van der Waals surface area contributed by atoms with Gasteiger partial charge in [0, 0.05) is 11.1 Å². The van der Waals surface area contributed by atoms with Gasteiger partial charge in [-0.25, -0.2) is 0 Å². The quantitative estimate of drug-likeness (QED) is 0.239. The maximum absolute atomic E-state index is 11.1. The molecule has 2 aromatic rings. The van der Waals surface area contributed by atoms with E-state index in [0.29, 0.717) is 22.6 Å². The highest BCUT2D eigenvalue weighted by Gasteiger charge is 2.25. The molecule has 4 aliphatic rings. The summed E-state index contributed by atoms with van der Waals surface area (Å²) in [7, 11) is 0. The molecule has 6 rings (SSSR count). The second-order valence-corrected chi connectivity index (χ2v) is 13.0. The van der Waals surface area contributed by atoms with Crippen LogP contribution in [0.15, 0.2) is 24.3 Å². The number of hydrogen-bond donors (Lipinski definition) is 5. The van der Waals surface area contributed by atoms with E-state index in [2.05, 4.69) is 20.8 Å². The van der Waals surface area contributed by atoms with Gasteiger partial charge in [-0.15, -0.1) is 0 Å². The molecule has 0 radical (unpaired) electrons. The van der Waals surface area contributed by atoms with Gasteiger partial charge in [-0.1, -0.05) is 85.5 Å². The van der Waals surface area contributed by atoms with Gasteiger partial charge >= 0.3 is 0 Å². The first-order valence-electron chi connectivity index (χ1n) is 16.4. The molecule has 0 saturated carbocycles. The number of hydrogen-bond acceptors (Lipinski definition) is 5. The van der Waals surface area contributed by atoms with Crippen LogP contribution in [0.2, 0.25) is 0 Å². The zero-order valence-corrected chi connectivity index (χ0v) is 26.0. The molecule has 41 heavy (non-hydrogen) atoms. The van der Waals surface area contributed by atoms with Crippen molar-refractivity contribution in [3.63, 3.8) is 0 Å². The van der Waals surface area contributed by atoms with Gasteiger partial charge in [0.2, 0.25) is 0 Å². The van der Waals surface area contributed by atoms with Crippen molar-refractivity contribution < 1.29 is 25.5 Å². The summed E-state index contributed by atoms with van der Waals surface area (Å²) in [5, 5.41) is 55.3.